The molecule has 3 rings (SSSR count). The average molecular weight is 416 g/mol. The highest BCUT2D eigenvalue weighted by molar-refractivity contribution is 8.26. The van der Waals surface area contributed by atoms with Crippen molar-refractivity contribution in [1.29, 1.82) is 0 Å². The van der Waals surface area contributed by atoms with Crippen molar-refractivity contribution >= 4 is 57.8 Å². The van der Waals surface area contributed by atoms with Crippen LogP contribution in [0.5, 0.6) is 0 Å². The number of hydrogen-bond donors (Lipinski definition) is 1. The summed E-state index contributed by atoms with van der Waals surface area (Å²) in [6, 6.07) is 9.68. The molecular weight excluding hydrogens is 400 g/mol. The minimum absolute atomic E-state index is 0.00294. The van der Waals surface area contributed by atoms with Crippen molar-refractivity contribution in [3.8, 4) is 0 Å². The van der Waals surface area contributed by atoms with Crippen LogP contribution in [0.2, 0.25) is 0 Å². The van der Waals surface area contributed by atoms with Gasteiger partial charge < -0.3 is 14.4 Å². The third-order valence-electron chi connectivity index (χ3n) is 4.07. The van der Waals surface area contributed by atoms with Gasteiger partial charge in [-0.05, 0) is 31.2 Å². The average Bonchev–Trinajstić information content (AvgIpc) is 3.19. The number of furan rings is 1. The van der Waals surface area contributed by atoms with Gasteiger partial charge in [-0.3, -0.25) is 14.5 Å². The molecule has 1 aliphatic rings. The monoisotopic (exact) mass is 416 g/mol. The normalized spacial score (nSPS) is 15.4. The summed E-state index contributed by atoms with van der Waals surface area (Å²) in [4.78, 5) is 39.4. The molecule has 0 atom stereocenters. The van der Waals surface area contributed by atoms with Gasteiger partial charge in [-0.25, -0.2) is 4.79 Å². The largest absolute Gasteiger partial charge is 0.478 e. The molecule has 1 aromatic carbocycles. The number of carbonyl (C=O) groups is 3. The highest BCUT2D eigenvalue weighted by Crippen LogP contribution is 2.33. The first-order valence-electron chi connectivity index (χ1n) is 8.18. The molecule has 0 bridgehead atoms. The van der Waals surface area contributed by atoms with Crippen molar-refractivity contribution in [2.75, 3.05) is 18.5 Å². The van der Waals surface area contributed by atoms with E-state index in [4.69, 9.17) is 16.6 Å². The molecule has 0 spiro atoms. The maximum Gasteiger partial charge on any atom is 0.337 e. The molecule has 28 heavy (non-hydrogen) atoms. The summed E-state index contributed by atoms with van der Waals surface area (Å²) < 4.78 is 5.70. The first-order chi connectivity index (χ1) is 13.3. The van der Waals surface area contributed by atoms with Gasteiger partial charge in [0.05, 0.1) is 16.2 Å². The van der Waals surface area contributed by atoms with Gasteiger partial charge in [-0.2, -0.15) is 0 Å². The summed E-state index contributed by atoms with van der Waals surface area (Å²) >= 11 is 6.32. The van der Waals surface area contributed by atoms with Crippen molar-refractivity contribution in [3.63, 3.8) is 0 Å². The number of benzene rings is 1. The van der Waals surface area contributed by atoms with E-state index >= 15 is 0 Å². The Kier molecular flexibility index (Phi) is 5.66. The van der Waals surface area contributed by atoms with Crippen LogP contribution >= 0.6 is 24.0 Å². The number of likely N-dealkylation sites (N-methyl/N-ethyl adjacent to an activating group) is 1. The van der Waals surface area contributed by atoms with E-state index < -0.39 is 17.8 Å². The molecular formula is C19H16N2O5S2. The molecule has 2 amide bonds. The number of rotatable bonds is 5. The van der Waals surface area contributed by atoms with E-state index in [0.29, 0.717) is 10.7 Å². The van der Waals surface area contributed by atoms with Gasteiger partial charge in [-0.15, -0.1) is 0 Å². The van der Waals surface area contributed by atoms with Crippen molar-refractivity contribution in [3.05, 3.63) is 58.4 Å². The highest BCUT2D eigenvalue weighted by atomic mass is 32.2. The quantitative estimate of drug-likeness (QED) is 0.591. The van der Waals surface area contributed by atoms with Crippen molar-refractivity contribution < 1.29 is 23.9 Å². The van der Waals surface area contributed by atoms with Gasteiger partial charge in [-0.1, -0.05) is 36.1 Å². The molecule has 0 aliphatic carbocycles. The summed E-state index contributed by atoms with van der Waals surface area (Å²) in [6.07, 6.45) is 1.58. The van der Waals surface area contributed by atoms with Crippen LogP contribution < -0.4 is 4.90 Å². The smallest absolute Gasteiger partial charge is 0.337 e. The number of carbonyl (C=O) groups excluding carboxylic acids is 2. The Hall–Kier alpha value is -2.91. The van der Waals surface area contributed by atoms with Crippen molar-refractivity contribution in [2.24, 2.45) is 0 Å². The van der Waals surface area contributed by atoms with Crippen LogP contribution in [0.15, 0.2) is 45.7 Å². The Morgan fingerprint density at radius 3 is 2.64 bits per heavy atom. The molecule has 2 aromatic rings. The van der Waals surface area contributed by atoms with Crippen molar-refractivity contribution in [2.45, 2.75) is 6.92 Å². The van der Waals surface area contributed by atoms with E-state index in [9.17, 15) is 19.5 Å². The van der Waals surface area contributed by atoms with Gasteiger partial charge in [0.1, 0.15) is 22.4 Å². The second-order valence-electron chi connectivity index (χ2n) is 5.99. The number of amides is 2. The van der Waals surface area contributed by atoms with Crippen LogP contribution in [-0.4, -0.2) is 45.7 Å². The number of aryl methyl sites for hydroxylation is 1. The minimum atomic E-state index is -1.14. The lowest BCUT2D eigenvalue weighted by Gasteiger charge is -2.22. The molecule has 7 nitrogen and oxygen atoms in total. The molecule has 1 aliphatic heterocycles. The lowest BCUT2D eigenvalue weighted by Crippen LogP contribution is -2.40. The Balaban J connectivity index is 1.77. The Labute approximate surface area is 170 Å². The summed E-state index contributed by atoms with van der Waals surface area (Å²) in [5.74, 6) is -0.748. The number of carboxylic acid groups (broad SMARTS) is 1. The Bertz CT molecular complexity index is 1010. The molecule has 1 fully saturated rings. The third kappa shape index (κ3) is 4.00. The molecule has 144 valence electrons. The fourth-order valence-corrected chi connectivity index (χ4v) is 3.85. The molecule has 0 radical (unpaired) electrons. The maximum atomic E-state index is 12.7. The summed E-state index contributed by atoms with van der Waals surface area (Å²) in [6.45, 7) is 1.51. The zero-order chi connectivity index (χ0) is 20.4. The number of hydrogen-bond acceptors (Lipinski definition) is 6. The van der Waals surface area contributed by atoms with E-state index in [2.05, 4.69) is 0 Å². The second kappa shape index (κ2) is 7.99. The predicted molar refractivity (Wildman–Crippen MR) is 110 cm³/mol. The molecule has 1 N–H and O–H groups in total. The third-order valence-corrected chi connectivity index (χ3v) is 5.45. The maximum absolute atomic E-state index is 12.7. The van der Waals surface area contributed by atoms with Crippen LogP contribution in [0.1, 0.15) is 21.9 Å². The number of carboxylic acids is 1. The number of thiocarbonyl (C=S) groups is 1. The van der Waals surface area contributed by atoms with E-state index in [1.54, 1.807) is 37.3 Å². The topological polar surface area (TPSA) is 91.1 Å². The number of aromatic carboxylic acids is 1. The fraction of sp³-hybridized carbons (Fsp3) is 0.158. The Morgan fingerprint density at radius 2 is 2.00 bits per heavy atom. The highest BCUT2D eigenvalue weighted by Gasteiger charge is 2.34. The lowest BCUT2D eigenvalue weighted by molar-refractivity contribution is -0.127. The molecule has 9 heteroatoms. The molecule has 2 heterocycles. The molecule has 1 aromatic heterocycles. The van der Waals surface area contributed by atoms with Gasteiger partial charge in [0, 0.05) is 13.1 Å². The van der Waals surface area contributed by atoms with Crippen LogP contribution in [-0.2, 0) is 9.59 Å². The number of para-hydroxylation sites is 1. The first-order valence-corrected chi connectivity index (χ1v) is 9.41. The summed E-state index contributed by atoms with van der Waals surface area (Å²) in [7, 11) is 1.46. The van der Waals surface area contributed by atoms with E-state index in [1.807, 2.05) is 0 Å². The van der Waals surface area contributed by atoms with Gasteiger partial charge in [0.15, 0.2) is 0 Å². The van der Waals surface area contributed by atoms with Gasteiger partial charge in [0.2, 0.25) is 5.91 Å². The number of anilines is 1. The lowest BCUT2D eigenvalue weighted by atomic mass is 10.1. The van der Waals surface area contributed by atoms with E-state index in [0.717, 1.165) is 17.5 Å². The van der Waals surface area contributed by atoms with Crippen LogP contribution in [0, 0.1) is 6.92 Å². The molecule has 0 saturated carbocycles. The summed E-state index contributed by atoms with van der Waals surface area (Å²) in [5.41, 5.74) is 0.240. The van der Waals surface area contributed by atoms with E-state index in [1.165, 1.54) is 29.0 Å². The zero-order valence-corrected chi connectivity index (χ0v) is 16.7. The van der Waals surface area contributed by atoms with Crippen molar-refractivity contribution in [1.82, 2.24) is 4.90 Å². The van der Waals surface area contributed by atoms with Crippen LogP contribution in [0.3, 0.4) is 0 Å². The van der Waals surface area contributed by atoms with E-state index in [-0.39, 0.29) is 22.1 Å². The number of thioether (sulfide) groups is 1. The predicted octanol–water partition coefficient (Wildman–Crippen LogP) is 3.15. The van der Waals surface area contributed by atoms with Gasteiger partial charge in [0.25, 0.3) is 5.91 Å². The van der Waals surface area contributed by atoms with Crippen LogP contribution in [0.4, 0.5) is 5.69 Å². The zero-order valence-electron chi connectivity index (χ0n) is 15.0. The standard InChI is InChI=1S/C19H16N2O5S2/c1-11-7-8-12(26-11)9-15-17(23)21(19(27)28-15)10-16(22)20(2)14-6-4-3-5-13(14)18(24)25/h3-9H,10H2,1-2H3,(H,24,25)/b15-9-. The second-order valence-corrected chi connectivity index (χ2v) is 7.67. The Morgan fingerprint density at radius 1 is 1.29 bits per heavy atom. The SMILES string of the molecule is Cc1ccc(/C=C2\SC(=S)N(CC(=O)N(C)c3ccccc3C(=O)O)C2=O)o1. The first kappa shape index (κ1) is 19.8. The molecule has 1 saturated heterocycles. The number of nitrogens with zero attached hydrogens (tertiary/aromatic N) is 2. The summed E-state index contributed by atoms with van der Waals surface area (Å²) in [5, 5.41) is 9.30. The molecule has 0 unspecified atom stereocenters. The van der Waals surface area contributed by atoms with Crippen LogP contribution in [0.25, 0.3) is 6.08 Å². The minimum Gasteiger partial charge on any atom is -0.478 e. The van der Waals surface area contributed by atoms with Gasteiger partial charge >= 0.3 is 5.97 Å². The fourth-order valence-electron chi connectivity index (χ4n) is 2.62.